The second-order valence-electron chi connectivity index (χ2n) is 5.78. The second kappa shape index (κ2) is 8.19. The largest absolute Gasteiger partial charge is 0.490 e. The molecule has 0 fully saturated rings. The summed E-state index contributed by atoms with van der Waals surface area (Å²) in [6.07, 6.45) is 1.41. The van der Waals surface area contributed by atoms with Gasteiger partial charge in [0.1, 0.15) is 0 Å². The zero-order valence-electron chi connectivity index (χ0n) is 14.2. The first-order valence-electron chi connectivity index (χ1n) is 8.32. The van der Waals surface area contributed by atoms with E-state index in [1.54, 1.807) is 12.1 Å². The molecule has 3 rings (SSSR count). The van der Waals surface area contributed by atoms with Gasteiger partial charge in [-0.05, 0) is 24.1 Å². The fraction of sp³-hybridized carbons (Fsp3) is 0.278. The highest BCUT2D eigenvalue weighted by Gasteiger charge is 2.11. The lowest BCUT2D eigenvalue weighted by atomic mass is 10.1. The molecule has 26 heavy (non-hydrogen) atoms. The number of nitrogens with one attached hydrogen (secondary N) is 1. The van der Waals surface area contributed by atoms with Gasteiger partial charge in [-0.25, -0.2) is 0 Å². The molecule has 1 aliphatic rings. The molecule has 3 N–H and O–H groups in total. The highest BCUT2D eigenvalue weighted by Crippen LogP contribution is 2.32. The van der Waals surface area contributed by atoms with Crippen LogP contribution in [0.1, 0.15) is 12.0 Å². The van der Waals surface area contributed by atoms with Crippen LogP contribution in [0.25, 0.3) is 0 Å². The molecule has 0 atom stereocenters. The summed E-state index contributed by atoms with van der Waals surface area (Å²) in [5.41, 5.74) is 7.58. The molecule has 136 valence electrons. The van der Waals surface area contributed by atoms with Gasteiger partial charge >= 0.3 is 0 Å². The molecule has 0 saturated carbocycles. The van der Waals surface area contributed by atoms with E-state index in [1.165, 1.54) is 6.07 Å². The summed E-state index contributed by atoms with van der Waals surface area (Å²) < 4.78 is 11.2. The third-order valence-corrected chi connectivity index (χ3v) is 3.82. The summed E-state index contributed by atoms with van der Waals surface area (Å²) in [6.45, 7) is 1.68. The standard InChI is InChI=1S/C18H20N4O4/c19-18(20-8-7-13-3-1-4-15(11-13)22(23)24)21-14-5-6-16-17(12-14)26-10-2-9-25-16/h1,3-6,11-12H,2,7-10H2,(H3,19,20,21). The number of ether oxygens (including phenoxy) is 2. The molecule has 8 nitrogen and oxygen atoms in total. The summed E-state index contributed by atoms with van der Waals surface area (Å²) in [6, 6.07) is 12.0. The molecule has 0 radical (unpaired) electrons. The molecule has 0 aliphatic carbocycles. The number of hydrogen-bond donors (Lipinski definition) is 2. The SMILES string of the molecule is NC(=NCCc1cccc([N+](=O)[O-])c1)Nc1ccc2c(c1)OCCCO2. The fourth-order valence-electron chi connectivity index (χ4n) is 2.56. The number of nitro groups is 1. The minimum atomic E-state index is -0.410. The number of hydrogen-bond acceptors (Lipinski definition) is 5. The zero-order chi connectivity index (χ0) is 18.4. The van der Waals surface area contributed by atoms with Crippen molar-refractivity contribution < 1.29 is 14.4 Å². The fourth-order valence-corrected chi connectivity index (χ4v) is 2.56. The lowest BCUT2D eigenvalue weighted by Crippen LogP contribution is -2.23. The van der Waals surface area contributed by atoms with Crippen LogP contribution in [0.3, 0.4) is 0 Å². The van der Waals surface area contributed by atoms with E-state index in [0.29, 0.717) is 37.7 Å². The second-order valence-corrected chi connectivity index (χ2v) is 5.78. The lowest BCUT2D eigenvalue weighted by molar-refractivity contribution is -0.384. The number of rotatable bonds is 5. The van der Waals surface area contributed by atoms with Crippen LogP contribution in [0.5, 0.6) is 11.5 Å². The molecule has 0 amide bonds. The lowest BCUT2D eigenvalue weighted by Gasteiger charge is -2.10. The topological polar surface area (TPSA) is 112 Å². The Labute approximate surface area is 150 Å². The number of nitro benzene ring substituents is 1. The van der Waals surface area contributed by atoms with Gasteiger partial charge in [0.15, 0.2) is 17.5 Å². The van der Waals surface area contributed by atoms with Crippen molar-refractivity contribution in [3.05, 3.63) is 58.1 Å². The minimum Gasteiger partial charge on any atom is -0.490 e. The van der Waals surface area contributed by atoms with Crippen LogP contribution in [0, 0.1) is 10.1 Å². The maximum atomic E-state index is 10.8. The smallest absolute Gasteiger partial charge is 0.269 e. The zero-order valence-corrected chi connectivity index (χ0v) is 14.2. The number of non-ortho nitro benzene ring substituents is 1. The maximum Gasteiger partial charge on any atom is 0.269 e. The van der Waals surface area contributed by atoms with Crippen molar-refractivity contribution in [1.82, 2.24) is 0 Å². The third kappa shape index (κ3) is 4.62. The maximum absolute atomic E-state index is 10.8. The number of anilines is 1. The van der Waals surface area contributed by atoms with Crippen molar-refractivity contribution in [3.63, 3.8) is 0 Å². The van der Waals surface area contributed by atoms with Gasteiger partial charge in [-0.15, -0.1) is 0 Å². The summed E-state index contributed by atoms with van der Waals surface area (Å²) in [4.78, 5) is 14.6. The van der Waals surface area contributed by atoms with Crippen LogP contribution in [0.4, 0.5) is 11.4 Å². The van der Waals surface area contributed by atoms with E-state index in [4.69, 9.17) is 15.2 Å². The number of nitrogens with two attached hydrogens (primary N) is 1. The van der Waals surface area contributed by atoms with E-state index < -0.39 is 4.92 Å². The molecule has 8 heteroatoms. The van der Waals surface area contributed by atoms with Crippen molar-refractivity contribution in [3.8, 4) is 11.5 Å². The van der Waals surface area contributed by atoms with Gasteiger partial charge in [0.05, 0.1) is 18.1 Å². The molecule has 0 spiro atoms. The quantitative estimate of drug-likeness (QED) is 0.369. The number of aliphatic imine (C=N–C) groups is 1. The number of fused-ring (bicyclic) bond motifs is 1. The molecule has 1 aliphatic heterocycles. The molecular formula is C18H20N4O4. The highest BCUT2D eigenvalue weighted by atomic mass is 16.6. The van der Waals surface area contributed by atoms with Crippen molar-refractivity contribution in [2.45, 2.75) is 12.8 Å². The molecule has 0 bridgehead atoms. The third-order valence-electron chi connectivity index (χ3n) is 3.82. The Bertz CT molecular complexity index is 823. The molecule has 0 unspecified atom stereocenters. The molecule has 0 aromatic heterocycles. The first-order valence-corrected chi connectivity index (χ1v) is 8.32. The van der Waals surface area contributed by atoms with Crippen molar-refractivity contribution >= 4 is 17.3 Å². The van der Waals surface area contributed by atoms with E-state index in [-0.39, 0.29) is 11.6 Å². The molecule has 2 aromatic carbocycles. The van der Waals surface area contributed by atoms with E-state index >= 15 is 0 Å². The van der Waals surface area contributed by atoms with E-state index in [9.17, 15) is 10.1 Å². The van der Waals surface area contributed by atoms with Gasteiger partial charge < -0.3 is 20.5 Å². The molecule has 0 saturated heterocycles. The van der Waals surface area contributed by atoms with Crippen LogP contribution >= 0.6 is 0 Å². The predicted octanol–water partition coefficient (Wildman–Crippen LogP) is 2.73. The Morgan fingerprint density at radius 2 is 2.00 bits per heavy atom. The summed E-state index contributed by atoms with van der Waals surface area (Å²) >= 11 is 0. The molecule has 2 aromatic rings. The Morgan fingerprint density at radius 3 is 2.81 bits per heavy atom. The van der Waals surface area contributed by atoms with E-state index in [2.05, 4.69) is 10.3 Å². The van der Waals surface area contributed by atoms with Gasteiger partial charge in [-0.2, -0.15) is 0 Å². The summed E-state index contributed by atoms with van der Waals surface area (Å²) in [5.74, 6) is 1.66. The van der Waals surface area contributed by atoms with E-state index in [1.807, 2.05) is 24.3 Å². The first kappa shape index (κ1) is 17.5. The van der Waals surface area contributed by atoms with Gasteiger partial charge in [0.2, 0.25) is 0 Å². The van der Waals surface area contributed by atoms with Gasteiger partial charge in [0, 0.05) is 36.9 Å². The Morgan fingerprint density at radius 1 is 1.19 bits per heavy atom. The summed E-state index contributed by atoms with van der Waals surface area (Å²) in [5, 5.41) is 13.8. The van der Waals surface area contributed by atoms with Crippen LogP contribution in [-0.4, -0.2) is 30.6 Å². The van der Waals surface area contributed by atoms with Crippen LogP contribution in [-0.2, 0) is 6.42 Å². The average molecular weight is 356 g/mol. The van der Waals surface area contributed by atoms with Gasteiger partial charge in [-0.1, -0.05) is 12.1 Å². The van der Waals surface area contributed by atoms with Crippen LogP contribution in [0.15, 0.2) is 47.5 Å². The van der Waals surface area contributed by atoms with Crippen molar-refractivity contribution in [1.29, 1.82) is 0 Å². The normalized spacial score (nSPS) is 13.8. The van der Waals surface area contributed by atoms with Crippen molar-refractivity contribution in [2.24, 2.45) is 10.7 Å². The number of nitrogens with zero attached hydrogens (tertiary/aromatic N) is 2. The Hall–Kier alpha value is -3.29. The predicted molar refractivity (Wildman–Crippen MR) is 99.0 cm³/mol. The van der Waals surface area contributed by atoms with Gasteiger partial charge in [-0.3, -0.25) is 15.1 Å². The average Bonchev–Trinajstić information content (AvgIpc) is 2.87. The van der Waals surface area contributed by atoms with Crippen LogP contribution < -0.4 is 20.5 Å². The van der Waals surface area contributed by atoms with Crippen molar-refractivity contribution in [2.75, 3.05) is 25.1 Å². The van der Waals surface area contributed by atoms with E-state index in [0.717, 1.165) is 17.7 Å². The number of benzene rings is 2. The molecule has 1 heterocycles. The number of guanidine groups is 1. The monoisotopic (exact) mass is 356 g/mol. The van der Waals surface area contributed by atoms with Crippen LogP contribution in [0.2, 0.25) is 0 Å². The molecular weight excluding hydrogens is 336 g/mol. The Kier molecular flexibility index (Phi) is 5.52. The first-order chi connectivity index (χ1) is 12.6. The van der Waals surface area contributed by atoms with Gasteiger partial charge in [0.25, 0.3) is 5.69 Å². The highest BCUT2D eigenvalue weighted by molar-refractivity contribution is 5.92. The Balaban J connectivity index is 1.58. The summed E-state index contributed by atoms with van der Waals surface area (Å²) in [7, 11) is 0. The minimum absolute atomic E-state index is 0.0739.